The van der Waals surface area contributed by atoms with Gasteiger partial charge in [0, 0.05) is 6.04 Å². The van der Waals surface area contributed by atoms with Gasteiger partial charge in [0.1, 0.15) is 5.75 Å². The lowest BCUT2D eigenvalue weighted by Crippen LogP contribution is -2.30. The molecule has 0 spiro atoms. The lowest BCUT2D eigenvalue weighted by atomic mass is 9.90. The van der Waals surface area contributed by atoms with Gasteiger partial charge >= 0.3 is 0 Å². The van der Waals surface area contributed by atoms with Crippen LogP contribution in [0.5, 0.6) is 5.75 Å². The van der Waals surface area contributed by atoms with Gasteiger partial charge in [-0.3, -0.25) is 0 Å². The molecule has 1 aromatic rings. The molecule has 2 heteroatoms. The van der Waals surface area contributed by atoms with Crippen LogP contribution in [0.25, 0.3) is 0 Å². The first kappa shape index (κ1) is 14.4. The predicted octanol–water partition coefficient (Wildman–Crippen LogP) is 4.11. The number of hydrogen-bond acceptors (Lipinski definition) is 2. The minimum Gasteiger partial charge on any atom is -0.497 e. The van der Waals surface area contributed by atoms with Gasteiger partial charge in [-0.05, 0) is 55.8 Å². The summed E-state index contributed by atoms with van der Waals surface area (Å²) in [4.78, 5) is 0. The summed E-state index contributed by atoms with van der Waals surface area (Å²) in [6, 6.07) is 9.32. The first-order valence-electron chi connectivity index (χ1n) is 7.70. The Morgan fingerprint density at radius 3 is 2.89 bits per heavy atom. The van der Waals surface area contributed by atoms with Gasteiger partial charge in [0.25, 0.3) is 0 Å². The molecule has 0 amide bonds. The SMILES string of the molecule is CCCNC1CCCCC(c2cccc(OC)c2)C1. The molecule has 1 saturated carbocycles. The average molecular weight is 261 g/mol. The van der Waals surface area contributed by atoms with Crippen LogP contribution in [0.2, 0.25) is 0 Å². The van der Waals surface area contributed by atoms with E-state index < -0.39 is 0 Å². The molecule has 2 atom stereocenters. The minimum atomic E-state index is 0.687. The molecule has 2 nitrogen and oxygen atoms in total. The minimum absolute atomic E-state index is 0.687. The smallest absolute Gasteiger partial charge is 0.119 e. The van der Waals surface area contributed by atoms with E-state index in [0.717, 1.165) is 12.3 Å². The van der Waals surface area contributed by atoms with Crippen molar-refractivity contribution in [2.45, 2.75) is 57.4 Å². The summed E-state index contributed by atoms with van der Waals surface area (Å²) in [5.41, 5.74) is 1.45. The summed E-state index contributed by atoms with van der Waals surface area (Å²) in [7, 11) is 1.75. The van der Waals surface area contributed by atoms with Crippen LogP contribution in [0.15, 0.2) is 24.3 Å². The Labute approximate surface area is 117 Å². The fourth-order valence-corrected chi connectivity index (χ4v) is 3.09. The van der Waals surface area contributed by atoms with Crippen molar-refractivity contribution in [1.29, 1.82) is 0 Å². The third-order valence-electron chi connectivity index (χ3n) is 4.17. The number of benzene rings is 1. The maximum atomic E-state index is 5.35. The van der Waals surface area contributed by atoms with Crippen LogP contribution >= 0.6 is 0 Å². The Hall–Kier alpha value is -1.02. The van der Waals surface area contributed by atoms with Gasteiger partial charge in [0.05, 0.1) is 7.11 Å². The highest BCUT2D eigenvalue weighted by Crippen LogP contribution is 2.33. The van der Waals surface area contributed by atoms with Crippen molar-refractivity contribution in [2.24, 2.45) is 0 Å². The Bertz CT molecular complexity index is 377. The Morgan fingerprint density at radius 2 is 2.11 bits per heavy atom. The fourth-order valence-electron chi connectivity index (χ4n) is 3.09. The number of ether oxygens (including phenoxy) is 1. The maximum absolute atomic E-state index is 5.35. The molecule has 1 aliphatic carbocycles. The number of rotatable bonds is 5. The van der Waals surface area contributed by atoms with Crippen molar-refractivity contribution in [3.8, 4) is 5.75 Å². The third kappa shape index (κ3) is 4.24. The van der Waals surface area contributed by atoms with Crippen molar-refractivity contribution in [2.75, 3.05) is 13.7 Å². The van der Waals surface area contributed by atoms with E-state index in [-0.39, 0.29) is 0 Å². The topological polar surface area (TPSA) is 21.3 Å². The molecule has 2 rings (SSSR count). The molecule has 19 heavy (non-hydrogen) atoms. The van der Waals surface area contributed by atoms with Gasteiger partial charge in [0.15, 0.2) is 0 Å². The molecule has 0 radical (unpaired) electrons. The second-order valence-electron chi connectivity index (χ2n) is 5.64. The number of methoxy groups -OCH3 is 1. The molecule has 1 aromatic carbocycles. The molecular weight excluding hydrogens is 234 g/mol. The van der Waals surface area contributed by atoms with Gasteiger partial charge in [-0.15, -0.1) is 0 Å². The highest BCUT2D eigenvalue weighted by molar-refractivity contribution is 5.31. The molecule has 106 valence electrons. The summed E-state index contributed by atoms with van der Waals surface area (Å²) in [6.07, 6.45) is 7.86. The van der Waals surface area contributed by atoms with Crippen LogP contribution in [-0.4, -0.2) is 19.7 Å². The fraction of sp³-hybridized carbons (Fsp3) is 0.647. The molecule has 2 unspecified atom stereocenters. The van der Waals surface area contributed by atoms with Gasteiger partial charge in [-0.25, -0.2) is 0 Å². The monoisotopic (exact) mass is 261 g/mol. The van der Waals surface area contributed by atoms with Crippen molar-refractivity contribution in [3.63, 3.8) is 0 Å². The summed E-state index contributed by atoms with van der Waals surface area (Å²) in [5, 5.41) is 3.71. The summed E-state index contributed by atoms with van der Waals surface area (Å²) in [6.45, 7) is 3.39. The van der Waals surface area contributed by atoms with Crippen LogP contribution in [-0.2, 0) is 0 Å². The van der Waals surface area contributed by atoms with E-state index in [1.54, 1.807) is 7.11 Å². The highest BCUT2D eigenvalue weighted by Gasteiger charge is 2.21. The van der Waals surface area contributed by atoms with Gasteiger partial charge in [-0.1, -0.05) is 31.9 Å². The maximum Gasteiger partial charge on any atom is 0.119 e. The normalized spacial score (nSPS) is 23.9. The third-order valence-corrected chi connectivity index (χ3v) is 4.17. The van der Waals surface area contributed by atoms with E-state index in [0.29, 0.717) is 12.0 Å². The summed E-state index contributed by atoms with van der Waals surface area (Å²) < 4.78 is 5.35. The molecular formula is C17H27NO. The average Bonchev–Trinajstić information content (AvgIpc) is 2.71. The van der Waals surface area contributed by atoms with Crippen LogP contribution in [0.3, 0.4) is 0 Å². The first-order chi connectivity index (χ1) is 9.33. The standard InChI is InChI=1S/C17H27NO/c1-3-11-18-16-9-5-4-7-14(12-16)15-8-6-10-17(13-15)19-2/h6,8,10,13-14,16,18H,3-5,7,9,11-12H2,1-2H3. The molecule has 1 N–H and O–H groups in total. The van der Waals surface area contributed by atoms with E-state index in [1.165, 1.54) is 44.1 Å². The second-order valence-corrected chi connectivity index (χ2v) is 5.64. The molecule has 1 fully saturated rings. The predicted molar refractivity (Wildman–Crippen MR) is 80.9 cm³/mol. The quantitative estimate of drug-likeness (QED) is 0.805. The Morgan fingerprint density at radius 1 is 1.26 bits per heavy atom. The van der Waals surface area contributed by atoms with Crippen molar-refractivity contribution in [1.82, 2.24) is 5.32 Å². The van der Waals surface area contributed by atoms with Crippen molar-refractivity contribution in [3.05, 3.63) is 29.8 Å². The van der Waals surface area contributed by atoms with E-state index in [9.17, 15) is 0 Å². The molecule has 0 aromatic heterocycles. The molecule has 1 aliphatic rings. The number of nitrogens with one attached hydrogen (secondary N) is 1. The van der Waals surface area contributed by atoms with E-state index >= 15 is 0 Å². The van der Waals surface area contributed by atoms with Crippen LogP contribution in [0, 0.1) is 0 Å². The van der Waals surface area contributed by atoms with E-state index in [1.807, 2.05) is 6.07 Å². The summed E-state index contributed by atoms with van der Waals surface area (Å²) >= 11 is 0. The Balaban J connectivity index is 2.04. The van der Waals surface area contributed by atoms with E-state index in [2.05, 4.69) is 30.4 Å². The zero-order valence-corrected chi connectivity index (χ0v) is 12.3. The second kappa shape index (κ2) is 7.54. The molecule has 0 bridgehead atoms. The van der Waals surface area contributed by atoms with Crippen molar-refractivity contribution < 1.29 is 4.74 Å². The van der Waals surface area contributed by atoms with Gasteiger partial charge < -0.3 is 10.1 Å². The van der Waals surface area contributed by atoms with Crippen LogP contribution in [0.4, 0.5) is 0 Å². The molecule has 0 heterocycles. The van der Waals surface area contributed by atoms with Gasteiger partial charge in [0.2, 0.25) is 0 Å². The zero-order valence-electron chi connectivity index (χ0n) is 12.3. The molecule has 0 saturated heterocycles. The highest BCUT2D eigenvalue weighted by atomic mass is 16.5. The number of hydrogen-bond donors (Lipinski definition) is 1. The lowest BCUT2D eigenvalue weighted by Gasteiger charge is -2.21. The largest absolute Gasteiger partial charge is 0.497 e. The van der Waals surface area contributed by atoms with E-state index in [4.69, 9.17) is 4.74 Å². The zero-order chi connectivity index (χ0) is 13.5. The lowest BCUT2D eigenvalue weighted by molar-refractivity contribution is 0.411. The summed E-state index contributed by atoms with van der Waals surface area (Å²) in [5.74, 6) is 1.67. The Kier molecular flexibility index (Phi) is 5.71. The first-order valence-corrected chi connectivity index (χ1v) is 7.70. The van der Waals surface area contributed by atoms with Gasteiger partial charge in [-0.2, -0.15) is 0 Å². The van der Waals surface area contributed by atoms with Crippen LogP contribution in [0.1, 0.15) is 56.9 Å². The van der Waals surface area contributed by atoms with Crippen molar-refractivity contribution >= 4 is 0 Å². The molecule has 0 aliphatic heterocycles. The van der Waals surface area contributed by atoms with Crippen LogP contribution < -0.4 is 10.1 Å².